The van der Waals surface area contributed by atoms with Gasteiger partial charge >= 0.3 is 0 Å². The number of hydrogen-bond acceptors (Lipinski definition) is 1. The molecule has 0 amide bonds. The Labute approximate surface area is 74.9 Å². The highest BCUT2D eigenvalue weighted by molar-refractivity contribution is 5.95. The topological polar surface area (TPSA) is 17.1 Å². The summed E-state index contributed by atoms with van der Waals surface area (Å²) in [6.07, 6.45) is 7.30. The van der Waals surface area contributed by atoms with Gasteiger partial charge in [0.25, 0.3) is 0 Å². The van der Waals surface area contributed by atoms with Gasteiger partial charge in [0.15, 0.2) is 5.78 Å². The van der Waals surface area contributed by atoms with E-state index in [0.717, 1.165) is 31.3 Å². The van der Waals surface area contributed by atoms with Crippen molar-refractivity contribution >= 4 is 5.78 Å². The Kier molecular flexibility index (Phi) is 3.51. The fraction of sp³-hybridized carbons (Fsp3) is 0.727. The second-order valence-electron chi connectivity index (χ2n) is 3.76. The van der Waals surface area contributed by atoms with Crippen LogP contribution in [-0.2, 0) is 4.79 Å². The molecule has 1 atom stereocenters. The molecule has 0 aliphatic heterocycles. The molecule has 1 rings (SSSR count). The molecule has 1 aliphatic rings. The van der Waals surface area contributed by atoms with Crippen LogP contribution in [0.2, 0.25) is 0 Å². The fourth-order valence-electron chi connectivity index (χ4n) is 1.52. The van der Waals surface area contributed by atoms with Crippen LogP contribution in [0.1, 0.15) is 46.0 Å². The fourth-order valence-corrected chi connectivity index (χ4v) is 1.52. The zero-order chi connectivity index (χ0) is 8.97. The highest BCUT2D eigenvalue weighted by Crippen LogP contribution is 2.21. The molecule has 0 aromatic carbocycles. The molecule has 12 heavy (non-hydrogen) atoms. The second kappa shape index (κ2) is 4.44. The van der Waals surface area contributed by atoms with Gasteiger partial charge in [0, 0.05) is 6.42 Å². The van der Waals surface area contributed by atoms with Crippen LogP contribution in [-0.4, -0.2) is 5.78 Å². The van der Waals surface area contributed by atoms with E-state index in [9.17, 15) is 4.79 Å². The molecule has 1 unspecified atom stereocenters. The molecule has 1 heteroatoms. The van der Waals surface area contributed by atoms with Crippen LogP contribution in [0.3, 0.4) is 0 Å². The van der Waals surface area contributed by atoms with Gasteiger partial charge in [0.1, 0.15) is 0 Å². The molecule has 0 spiro atoms. The Balaban J connectivity index is 2.37. The monoisotopic (exact) mass is 166 g/mol. The van der Waals surface area contributed by atoms with Gasteiger partial charge in [-0.05, 0) is 30.8 Å². The van der Waals surface area contributed by atoms with Crippen LogP contribution in [0.15, 0.2) is 11.6 Å². The predicted octanol–water partition coefficient (Wildman–Crippen LogP) is 3.10. The highest BCUT2D eigenvalue weighted by atomic mass is 16.1. The maximum atomic E-state index is 11.5. The van der Waals surface area contributed by atoms with E-state index < -0.39 is 0 Å². The molecule has 0 bridgehead atoms. The van der Waals surface area contributed by atoms with E-state index in [4.69, 9.17) is 0 Å². The van der Waals surface area contributed by atoms with Crippen molar-refractivity contribution in [3.63, 3.8) is 0 Å². The molecule has 1 nitrogen and oxygen atoms in total. The maximum Gasteiger partial charge on any atom is 0.158 e. The third kappa shape index (κ3) is 2.47. The Morgan fingerprint density at radius 1 is 1.67 bits per heavy atom. The van der Waals surface area contributed by atoms with Gasteiger partial charge in [0.2, 0.25) is 0 Å². The Bertz CT molecular complexity index is 191. The molecule has 0 aromatic heterocycles. The average molecular weight is 166 g/mol. The van der Waals surface area contributed by atoms with E-state index >= 15 is 0 Å². The second-order valence-corrected chi connectivity index (χ2v) is 3.76. The Hall–Kier alpha value is -0.590. The Morgan fingerprint density at radius 3 is 2.92 bits per heavy atom. The lowest BCUT2D eigenvalue weighted by Crippen LogP contribution is -2.06. The summed E-state index contributed by atoms with van der Waals surface area (Å²) < 4.78 is 0. The maximum absolute atomic E-state index is 11.5. The van der Waals surface area contributed by atoms with E-state index in [0.29, 0.717) is 11.7 Å². The first-order valence-corrected chi connectivity index (χ1v) is 4.96. The minimum absolute atomic E-state index is 0.391. The SMILES string of the molecule is CCC(C)CC(=O)C1=CCCC1. The van der Waals surface area contributed by atoms with Gasteiger partial charge < -0.3 is 0 Å². The Morgan fingerprint density at radius 2 is 2.42 bits per heavy atom. The minimum atomic E-state index is 0.391. The summed E-state index contributed by atoms with van der Waals surface area (Å²) in [5.41, 5.74) is 1.09. The van der Waals surface area contributed by atoms with Crippen molar-refractivity contribution in [2.45, 2.75) is 46.0 Å². The van der Waals surface area contributed by atoms with E-state index in [-0.39, 0.29) is 0 Å². The van der Waals surface area contributed by atoms with Crippen LogP contribution in [0.25, 0.3) is 0 Å². The first kappa shape index (κ1) is 9.50. The quantitative estimate of drug-likeness (QED) is 0.627. The van der Waals surface area contributed by atoms with Gasteiger partial charge in [-0.2, -0.15) is 0 Å². The lowest BCUT2D eigenvalue weighted by Gasteiger charge is -2.06. The third-order valence-electron chi connectivity index (χ3n) is 2.63. The number of ketones is 1. The number of Topliss-reactive ketones (excluding diaryl/α,β-unsaturated/α-hetero) is 1. The first-order valence-electron chi connectivity index (χ1n) is 4.96. The van der Waals surface area contributed by atoms with Crippen molar-refractivity contribution < 1.29 is 4.79 Å². The van der Waals surface area contributed by atoms with Gasteiger partial charge in [-0.25, -0.2) is 0 Å². The van der Waals surface area contributed by atoms with Gasteiger partial charge in [-0.3, -0.25) is 4.79 Å². The molecule has 0 saturated carbocycles. The predicted molar refractivity (Wildman–Crippen MR) is 51.0 cm³/mol. The van der Waals surface area contributed by atoms with Crippen molar-refractivity contribution in [2.75, 3.05) is 0 Å². The smallest absolute Gasteiger partial charge is 0.158 e. The van der Waals surface area contributed by atoms with Gasteiger partial charge in [-0.1, -0.05) is 26.3 Å². The number of carbonyl (C=O) groups excluding carboxylic acids is 1. The molecular formula is C11H18O. The van der Waals surface area contributed by atoms with Crippen molar-refractivity contribution in [1.29, 1.82) is 0 Å². The molecular weight excluding hydrogens is 148 g/mol. The van der Waals surface area contributed by atoms with E-state index in [2.05, 4.69) is 19.9 Å². The molecule has 0 N–H and O–H groups in total. The van der Waals surface area contributed by atoms with Crippen LogP contribution in [0, 0.1) is 5.92 Å². The minimum Gasteiger partial charge on any atom is -0.295 e. The lowest BCUT2D eigenvalue weighted by molar-refractivity contribution is -0.116. The van der Waals surface area contributed by atoms with Gasteiger partial charge in [-0.15, -0.1) is 0 Å². The molecule has 1 aliphatic carbocycles. The van der Waals surface area contributed by atoms with Crippen LogP contribution in [0.5, 0.6) is 0 Å². The van der Waals surface area contributed by atoms with Crippen LogP contribution in [0.4, 0.5) is 0 Å². The summed E-state index contributed by atoms with van der Waals surface area (Å²) in [7, 11) is 0. The van der Waals surface area contributed by atoms with Gasteiger partial charge in [0.05, 0.1) is 0 Å². The standard InChI is InChI=1S/C11H18O/c1-3-9(2)8-11(12)10-6-4-5-7-10/h6,9H,3-5,7-8H2,1-2H3. The largest absolute Gasteiger partial charge is 0.295 e. The molecule has 0 radical (unpaired) electrons. The summed E-state index contributed by atoms with van der Waals surface area (Å²) in [5.74, 6) is 0.945. The van der Waals surface area contributed by atoms with Crippen LogP contribution < -0.4 is 0 Å². The summed E-state index contributed by atoms with van der Waals surface area (Å²) in [6.45, 7) is 4.29. The van der Waals surface area contributed by atoms with E-state index in [1.807, 2.05) is 0 Å². The number of rotatable bonds is 4. The molecule has 68 valence electrons. The van der Waals surface area contributed by atoms with Crippen LogP contribution >= 0.6 is 0 Å². The molecule has 0 heterocycles. The third-order valence-corrected chi connectivity index (χ3v) is 2.63. The zero-order valence-corrected chi connectivity index (χ0v) is 8.10. The van der Waals surface area contributed by atoms with Crippen molar-refractivity contribution in [3.8, 4) is 0 Å². The summed E-state index contributed by atoms with van der Waals surface area (Å²) in [5, 5.41) is 0. The van der Waals surface area contributed by atoms with Crippen molar-refractivity contribution in [2.24, 2.45) is 5.92 Å². The average Bonchev–Trinajstić information content (AvgIpc) is 2.56. The zero-order valence-electron chi connectivity index (χ0n) is 8.10. The number of carbonyl (C=O) groups is 1. The van der Waals surface area contributed by atoms with E-state index in [1.165, 1.54) is 6.42 Å². The molecule has 0 saturated heterocycles. The summed E-state index contributed by atoms with van der Waals surface area (Å²) in [4.78, 5) is 11.5. The molecule has 0 fully saturated rings. The normalized spacial score (nSPS) is 19.0. The number of allylic oxidation sites excluding steroid dienone is 2. The summed E-state index contributed by atoms with van der Waals surface area (Å²) >= 11 is 0. The molecule has 0 aromatic rings. The van der Waals surface area contributed by atoms with Crippen molar-refractivity contribution in [3.05, 3.63) is 11.6 Å². The van der Waals surface area contributed by atoms with E-state index in [1.54, 1.807) is 0 Å². The van der Waals surface area contributed by atoms with Crippen molar-refractivity contribution in [1.82, 2.24) is 0 Å². The summed E-state index contributed by atoms with van der Waals surface area (Å²) in [6, 6.07) is 0. The highest BCUT2D eigenvalue weighted by Gasteiger charge is 2.14. The lowest BCUT2D eigenvalue weighted by atomic mass is 9.97. The first-order chi connectivity index (χ1) is 5.74. The number of hydrogen-bond donors (Lipinski definition) is 0.